The van der Waals surface area contributed by atoms with Gasteiger partial charge in [0.2, 0.25) is 6.10 Å². The van der Waals surface area contributed by atoms with Crippen LogP contribution in [0.4, 0.5) is 18.3 Å². The Morgan fingerprint density at radius 3 is 2.34 bits per heavy atom. The summed E-state index contributed by atoms with van der Waals surface area (Å²) < 4.78 is 55.4. The molecule has 2 saturated heterocycles. The highest BCUT2D eigenvalue weighted by molar-refractivity contribution is 8.01. The van der Waals surface area contributed by atoms with Crippen molar-refractivity contribution in [2.45, 2.75) is 36.5 Å². The number of nitrogen functional groups attached to an aromatic ring is 1. The third-order valence-electron chi connectivity index (χ3n) is 8.43. The number of thiazole rings is 1. The number of fused-ring (bicyclic) bond motifs is 1. The molecule has 0 aliphatic carbocycles. The molecule has 3 aliphatic rings. The van der Waals surface area contributed by atoms with E-state index in [9.17, 15) is 66.0 Å². The second-order valence-electron chi connectivity index (χ2n) is 12.4. The fourth-order valence-corrected chi connectivity index (χ4v) is 10.2. The number of carboxylic acids is 3. The van der Waals surface area contributed by atoms with E-state index in [0.29, 0.717) is 11.3 Å². The minimum Gasteiger partial charge on any atom is -0.504 e. The predicted octanol–water partition coefficient (Wildman–Crippen LogP) is 1.32. The van der Waals surface area contributed by atoms with Crippen LogP contribution < -0.4 is 16.4 Å². The molecule has 3 atom stereocenters. The number of alkyl halides is 3. The zero-order valence-electron chi connectivity index (χ0n) is 29.7. The average Bonchev–Trinajstić information content (AvgIpc) is 3.59. The molecule has 2 fully saturated rings. The van der Waals surface area contributed by atoms with Gasteiger partial charge < -0.3 is 46.7 Å². The Labute approximate surface area is 347 Å². The van der Waals surface area contributed by atoms with E-state index in [-0.39, 0.29) is 69.5 Å². The highest BCUT2D eigenvalue weighted by atomic mass is 35.5. The maximum atomic E-state index is 13.5. The van der Waals surface area contributed by atoms with E-state index in [4.69, 9.17) is 32.1 Å². The van der Waals surface area contributed by atoms with E-state index in [1.165, 1.54) is 35.0 Å². The summed E-state index contributed by atoms with van der Waals surface area (Å²) >= 11 is 9.40. The molecule has 9 N–H and O–H groups in total. The van der Waals surface area contributed by atoms with Gasteiger partial charge in [0.25, 0.3) is 17.7 Å². The number of carboxylic acid groups (broad SMARTS) is 3. The smallest absolute Gasteiger partial charge is 0.490 e. The summed E-state index contributed by atoms with van der Waals surface area (Å²) in [5, 5.41) is 55.5. The van der Waals surface area contributed by atoms with Crippen LogP contribution in [0, 0.1) is 5.92 Å². The first-order chi connectivity index (χ1) is 27.5. The van der Waals surface area contributed by atoms with Gasteiger partial charge in [-0.05, 0) is 30.5 Å². The van der Waals surface area contributed by atoms with E-state index in [2.05, 4.69) is 20.8 Å². The number of rotatable bonds is 14. The number of β-lactam (4-membered cyclic amide) rings is 1. The number of carbonyl (C=O) groups excluding carboxylic acids is 3. The first-order valence-corrected chi connectivity index (χ1v) is 21.8. The van der Waals surface area contributed by atoms with Crippen molar-refractivity contribution in [3.63, 3.8) is 0 Å². The molecular weight excluding hydrogens is 901 g/mol. The molecule has 0 bridgehead atoms. The number of nitrogens with one attached hydrogen (secondary N) is 2. The monoisotopic (exact) mass is 932 g/mol. The lowest BCUT2D eigenvalue weighted by Crippen LogP contribution is -2.71. The topological polar surface area (TPSA) is 326 Å². The molecule has 0 spiro atoms. The second kappa shape index (κ2) is 19.4. The number of amides is 3. The Bertz CT molecular complexity index is 2170. The Morgan fingerprint density at radius 2 is 1.78 bits per heavy atom. The average molecular weight is 933 g/mol. The first kappa shape index (κ1) is 46.7. The highest BCUT2D eigenvalue weighted by Gasteiger charge is 2.54. The fourth-order valence-electron chi connectivity index (χ4n) is 5.52. The Hall–Kier alpha value is -4.99. The number of halogens is 4. The quantitative estimate of drug-likeness (QED) is 0.0435. The summed E-state index contributed by atoms with van der Waals surface area (Å²) in [6.45, 7) is 0.150. The van der Waals surface area contributed by atoms with Gasteiger partial charge in [-0.15, -0.1) is 23.1 Å². The number of carbonyl (C=O) groups is 6. The highest BCUT2D eigenvalue weighted by Crippen LogP contribution is 2.41. The normalized spacial score (nSPS) is 19.6. The van der Waals surface area contributed by atoms with Crippen LogP contribution in [0.1, 0.15) is 28.9 Å². The third-order valence-corrected chi connectivity index (χ3v) is 13.6. The number of phenols is 2. The largest absolute Gasteiger partial charge is 0.504 e. The summed E-state index contributed by atoms with van der Waals surface area (Å²) in [5.41, 5.74) is 5.34. The van der Waals surface area contributed by atoms with E-state index in [1.807, 2.05) is 0 Å². The Kier molecular flexibility index (Phi) is 15.3. The number of anilines is 1. The minimum atomic E-state index is -5.08. The number of nitrogens with zero attached hydrogens (tertiary/aromatic N) is 3. The van der Waals surface area contributed by atoms with Gasteiger partial charge in [0.05, 0.1) is 22.1 Å². The van der Waals surface area contributed by atoms with Gasteiger partial charge >= 0.3 is 24.1 Å². The second-order valence-corrected chi connectivity index (χ2v) is 18.2. The van der Waals surface area contributed by atoms with Crippen molar-refractivity contribution in [1.82, 2.24) is 20.5 Å². The number of sulfone groups is 1. The van der Waals surface area contributed by atoms with Crippen molar-refractivity contribution in [2.24, 2.45) is 11.1 Å². The van der Waals surface area contributed by atoms with Crippen LogP contribution in [0.15, 0.2) is 33.9 Å². The third kappa shape index (κ3) is 11.6. The predicted molar refractivity (Wildman–Crippen MR) is 205 cm³/mol. The van der Waals surface area contributed by atoms with Crippen molar-refractivity contribution in [1.29, 1.82) is 0 Å². The zero-order chi connectivity index (χ0) is 44.0. The summed E-state index contributed by atoms with van der Waals surface area (Å²) in [5.74, 6) is -9.29. The number of hydrogen-bond acceptors (Lipinski definition) is 17. The molecule has 1 aromatic heterocycles. The number of phenolic OH excluding ortho intramolecular Hbond substituents is 2. The van der Waals surface area contributed by atoms with E-state index >= 15 is 0 Å². The van der Waals surface area contributed by atoms with E-state index in [1.54, 1.807) is 0 Å². The van der Waals surface area contributed by atoms with Crippen LogP contribution in [0.5, 0.6) is 11.5 Å². The number of benzene rings is 1. The summed E-state index contributed by atoms with van der Waals surface area (Å²) in [7, 11) is -3.30. The fraction of sp³-hybridized carbons (Fsp3) is 0.419. The number of hydrogen-bond donors (Lipinski definition) is 8. The number of aromatic hydroxyl groups is 2. The van der Waals surface area contributed by atoms with Gasteiger partial charge in [0, 0.05) is 35.1 Å². The van der Waals surface area contributed by atoms with Crippen molar-refractivity contribution >= 4 is 103 Å². The molecule has 59 heavy (non-hydrogen) atoms. The molecule has 5 rings (SSSR count). The maximum absolute atomic E-state index is 13.5. The lowest BCUT2D eigenvalue weighted by atomic mass is 9.96. The lowest BCUT2D eigenvalue weighted by Gasteiger charge is -2.49. The number of thioether (sulfide) groups is 2. The van der Waals surface area contributed by atoms with Crippen LogP contribution >= 0.6 is 46.5 Å². The SMILES string of the molecule is Nc1nc(/C(=N/OC(C(=O)O)C2CCS(=O)(=O)CC2)C(=O)N[C@@H]2C(=O)N3C(C(=O)O)=C(CSCCNC(=O)c4ccc(O)c(O)c4Cl)CS[C@H]23)cs1.O=C(O)C(F)(F)F. The minimum absolute atomic E-state index is 0.0181. The van der Waals surface area contributed by atoms with Crippen molar-refractivity contribution in [3.8, 4) is 11.5 Å². The van der Waals surface area contributed by atoms with Crippen molar-refractivity contribution < 1.29 is 80.7 Å². The molecule has 1 unspecified atom stereocenters. The molecule has 4 heterocycles. The number of aliphatic carboxylic acids is 3. The van der Waals surface area contributed by atoms with Crippen LogP contribution in [0.3, 0.4) is 0 Å². The summed E-state index contributed by atoms with van der Waals surface area (Å²) in [6, 6.07) is 1.19. The Morgan fingerprint density at radius 1 is 1.14 bits per heavy atom. The van der Waals surface area contributed by atoms with Crippen LogP contribution in [0.25, 0.3) is 0 Å². The molecule has 0 radical (unpaired) electrons. The van der Waals surface area contributed by atoms with E-state index in [0.717, 1.165) is 22.3 Å². The molecule has 2 aromatic rings. The van der Waals surface area contributed by atoms with Crippen LogP contribution in [-0.2, 0) is 38.6 Å². The molecule has 20 nitrogen and oxygen atoms in total. The van der Waals surface area contributed by atoms with Gasteiger partial charge in [0.1, 0.15) is 32.6 Å². The lowest BCUT2D eigenvalue weighted by molar-refractivity contribution is -0.192. The van der Waals surface area contributed by atoms with E-state index < -0.39 is 92.3 Å². The van der Waals surface area contributed by atoms with Gasteiger partial charge in [-0.2, -0.15) is 24.9 Å². The van der Waals surface area contributed by atoms with Gasteiger partial charge in [-0.25, -0.2) is 27.8 Å². The first-order valence-electron chi connectivity index (χ1n) is 16.5. The van der Waals surface area contributed by atoms with Crippen LogP contribution in [0.2, 0.25) is 5.02 Å². The summed E-state index contributed by atoms with van der Waals surface area (Å²) in [4.78, 5) is 82.9. The molecule has 28 heteroatoms. The van der Waals surface area contributed by atoms with Crippen molar-refractivity contribution in [2.75, 3.05) is 41.0 Å². The molecular formula is C31H32ClF3N6O14S4. The van der Waals surface area contributed by atoms with Gasteiger partial charge in [-0.3, -0.25) is 19.3 Å². The summed E-state index contributed by atoms with van der Waals surface area (Å²) in [6.07, 6.45) is -6.62. The van der Waals surface area contributed by atoms with Crippen LogP contribution in [-0.4, -0.2) is 144 Å². The number of aromatic nitrogens is 1. The number of nitrogens with two attached hydrogens (primary N) is 1. The molecule has 1 aromatic carbocycles. The molecule has 0 saturated carbocycles. The van der Waals surface area contributed by atoms with Gasteiger partial charge in [0.15, 0.2) is 22.3 Å². The van der Waals surface area contributed by atoms with Gasteiger partial charge in [-0.1, -0.05) is 16.8 Å². The molecule has 322 valence electrons. The molecule has 3 aliphatic heterocycles. The van der Waals surface area contributed by atoms with Crippen molar-refractivity contribution in [3.05, 3.63) is 45.1 Å². The standard InChI is InChI=1S/C29H31ClN6O12S4.C2HF3O2/c30-17-14(1-2-16(37)21(17)38)23(39)32-5-6-49-9-13-10-50-26-19(25(41)36(26)20(13)27(42)43)34-24(40)18(15-11-51-29(31)33-15)35-48-22(28(44)45)12-3-7-52(46,47)8-4-12;3-2(4,5)1(6)7/h1-2,11-12,19,22,26,37-38H,3-10H2,(H2,31,33)(H,32,39)(H,34,40)(H,42,43)(H,44,45);(H,6,7)/b35-18-;/t19-,22?,26-;/m1./s1. The zero-order valence-corrected chi connectivity index (χ0v) is 33.7. The molecule has 3 amide bonds. The number of oxime groups is 1. The Balaban J connectivity index is 0.00000101. The maximum Gasteiger partial charge on any atom is 0.490 e.